The molecule has 17 heavy (non-hydrogen) atoms. The molecule has 3 N–H and O–H groups in total. The maximum absolute atomic E-state index is 5.88. The predicted octanol–water partition coefficient (Wildman–Crippen LogP) is 3.27. The molecule has 0 saturated carbocycles. The lowest BCUT2D eigenvalue weighted by atomic mass is 10.3. The molecule has 88 valence electrons. The Bertz CT molecular complexity index is 543. The van der Waals surface area contributed by atoms with Gasteiger partial charge in [-0.2, -0.15) is 15.0 Å². The fourth-order valence-corrected chi connectivity index (χ4v) is 1.79. The van der Waals surface area contributed by atoms with Crippen molar-refractivity contribution in [1.29, 1.82) is 0 Å². The molecule has 0 atom stereocenters. The van der Waals surface area contributed by atoms with Crippen LogP contribution in [-0.4, -0.2) is 15.0 Å². The molecule has 0 radical (unpaired) electrons. The standard InChI is InChI=1S/C9H6BrCl2N5/c10-5-3-4(1-2-6(5)11)14-9-16-7(12)15-8(13)17-9/h1-3H,(H3,13,14,15,16,17). The molecule has 0 aliphatic carbocycles. The van der Waals surface area contributed by atoms with Crippen LogP contribution in [0.25, 0.3) is 0 Å². The Morgan fingerprint density at radius 2 is 1.94 bits per heavy atom. The number of benzene rings is 1. The van der Waals surface area contributed by atoms with Crippen molar-refractivity contribution in [3.05, 3.63) is 33.0 Å². The monoisotopic (exact) mass is 333 g/mol. The molecule has 1 heterocycles. The summed E-state index contributed by atoms with van der Waals surface area (Å²) < 4.78 is 0.761. The molecule has 0 amide bonds. The lowest BCUT2D eigenvalue weighted by Gasteiger charge is -2.06. The molecule has 1 aromatic carbocycles. The molecule has 5 nitrogen and oxygen atoms in total. The Morgan fingerprint density at radius 3 is 2.59 bits per heavy atom. The minimum absolute atomic E-state index is 0.0352. The van der Waals surface area contributed by atoms with Crippen molar-refractivity contribution in [2.45, 2.75) is 0 Å². The van der Waals surface area contributed by atoms with Gasteiger partial charge in [-0.05, 0) is 45.7 Å². The highest BCUT2D eigenvalue weighted by Crippen LogP contribution is 2.26. The van der Waals surface area contributed by atoms with E-state index in [2.05, 4.69) is 36.2 Å². The van der Waals surface area contributed by atoms with Crippen molar-refractivity contribution in [2.75, 3.05) is 11.1 Å². The van der Waals surface area contributed by atoms with E-state index in [0.29, 0.717) is 5.02 Å². The van der Waals surface area contributed by atoms with Crippen molar-refractivity contribution in [3.63, 3.8) is 0 Å². The first-order valence-electron chi connectivity index (χ1n) is 4.44. The number of nitrogens with one attached hydrogen (secondary N) is 1. The van der Waals surface area contributed by atoms with Crippen molar-refractivity contribution < 1.29 is 0 Å². The van der Waals surface area contributed by atoms with Gasteiger partial charge in [0.05, 0.1) is 5.02 Å². The second-order valence-corrected chi connectivity index (χ2v) is 4.64. The third-order valence-electron chi connectivity index (χ3n) is 1.80. The summed E-state index contributed by atoms with van der Waals surface area (Å²) in [6, 6.07) is 5.30. The molecule has 8 heteroatoms. The molecule has 2 aromatic rings. The number of rotatable bonds is 2. The number of nitrogens with two attached hydrogens (primary N) is 1. The van der Waals surface area contributed by atoms with Crippen molar-refractivity contribution in [2.24, 2.45) is 0 Å². The lowest BCUT2D eigenvalue weighted by Crippen LogP contribution is -2.03. The molecule has 2 rings (SSSR count). The molecule has 0 aliphatic heterocycles. The summed E-state index contributed by atoms with van der Waals surface area (Å²) >= 11 is 14.8. The van der Waals surface area contributed by atoms with Gasteiger partial charge in [0.15, 0.2) is 0 Å². The molecular weight excluding hydrogens is 329 g/mol. The summed E-state index contributed by atoms with van der Waals surface area (Å²) in [5.41, 5.74) is 6.20. The van der Waals surface area contributed by atoms with Gasteiger partial charge in [0, 0.05) is 10.2 Å². The number of anilines is 3. The average molecular weight is 335 g/mol. The van der Waals surface area contributed by atoms with E-state index in [1.807, 2.05) is 0 Å². The Kier molecular flexibility index (Phi) is 3.66. The van der Waals surface area contributed by atoms with Crippen molar-refractivity contribution in [3.8, 4) is 0 Å². The minimum atomic E-state index is 0.0352. The molecule has 1 aromatic heterocycles. The Morgan fingerprint density at radius 1 is 1.18 bits per heavy atom. The first-order valence-corrected chi connectivity index (χ1v) is 5.98. The van der Waals surface area contributed by atoms with Gasteiger partial charge in [0.25, 0.3) is 0 Å². The van der Waals surface area contributed by atoms with Crippen LogP contribution in [0.2, 0.25) is 10.3 Å². The second-order valence-electron chi connectivity index (χ2n) is 3.04. The molecule has 0 fully saturated rings. The highest BCUT2D eigenvalue weighted by molar-refractivity contribution is 9.10. The molecule has 0 saturated heterocycles. The maximum Gasteiger partial charge on any atom is 0.233 e. The van der Waals surface area contributed by atoms with Crippen LogP contribution < -0.4 is 11.1 Å². The number of hydrogen-bond acceptors (Lipinski definition) is 5. The van der Waals surface area contributed by atoms with E-state index in [0.717, 1.165) is 10.2 Å². The first kappa shape index (κ1) is 12.3. The van der Waals surface area contributed by atoms with Crippen LogP contribution in [-0.2, 0) is 0 Å². The van der Waals surface area contributed by atoms with Gasteiger partial charge in [-0.25, -0.2) is 0 Å². The zero-order valence-corrected chi connectivity index (χ0v) is 11.4. The Hall–Kier alpha value is -1.11. The summed E-state index contributed by atoms with van der Waals surface area (Å²) in [5, 5.41) is 3.59. The van der Waals surface area contributed by atoms with E-state index >= 15 is 0 Å². The summed E-state index contributed by atoms with van der Waals surface area (Å²) in [7, 11) is 0. The van der Waals surface area contributed by atoms with Crippen LogP contribution in [0, 0.1) is 0 Å². The topological polar surface area (TPSA) is 76.7 Å². The Balaban J connectivity index is 2.28. The van der Waals surface area contributed by atoms with Gasteiger partial charge in [-0.15, -0.1) is 0 Å². The van der Waals surface area contributed by atoms with Crippen LogP contribution >= 0.6 is 39.1 Å². The number of hydrogen-bond donors (Lipinski definition) is 2. The number of aromatic nitrogens is 3. The van der Waals surface area contributed by atoms with Crippen LogP contribution in [0.5, 0.6) is 0 Å². The summed E-state index contributed by atoms with van der Waals surface area (Å²) in [4.78, 5) is 11.4. The fourth-order valence-electron chi connectivity index (χ4n) is 1.12. The van der Waals surface area contributed by atoms with Gasteiger partial charge in [0.2, 0.25) is 17.2 Å². The zero-order valence-electron chi connectivity index (χ0n) is 8.28. The largest absolute Gasteiger partial charge is 0.368 e. The smallest absolute Gasteiger partial charge is 0.233 e. The van der Waals surface area contributed by atoms with Gasteiger partial charge < -0.3 is 11.1 Å². The number of halogens is 3. The molecule has 0 unspecified atom stereocenters. The Labute approximate surface area is 116 Å². The van der Waals surface area contributed by atoms with E-state index in [1.54, 1.807) is 18.2 Å². The fraction of sp³-hybridized carbons (Fsp3) is 0. The van der Waals surface area contributed by atoms with Gasteiger partial charge in [-0.1, -0.05) is 11.6 Å². The van der Waals surface area contributed by atoms with Gasteiger partial charge in [-0.3, -0.25) is 0 Å². The normalized spacial score (nSPS) is 10.3. The SMILES string of the molecule is Nc1nc(Cl)nc(Nc2ccc(Cl)c(Br)c2)n1. The lowest BCUT2D eigenvalue weighted by molar-refractivity contribution is 1.07. The molecular formula is C9H6BrCl2N5. The van der Waals surface area contributed by atoms with Crippen LogP contribution in [0.4, 0.5) is 17.6 Å². The van der Waals surface area contributed by atoms with E-state index in [9.17, 15) is 0 Å². The molecule has 0 aliphatic rings. The third-order valence-corrected chi connectivity index (χ3v) is 3.18. The predicted molar refractivity (Wildman–Crippen MR) is 71.7 cm³/mol. The summed E-state index contributed by atoms with van der Waals surface area (Å²) in [6.07, 6.45) is 0. The van der Waals surface area contributed by atoms with Crippen molar-refractivity contribution >= 4 is 56.7 Å². The van der Waals surface area contributed by atoms with Crippen LogP contribution in [0.1, 0.15) is 0 Å². The number of nitrogens with zero attached hydrogens (tertiary/aromatic N) is 3. The highest BCUT2D eigenvalue weighted by Gasteiger charge is 2.04. The van der Waals surface area contributed by atoms with Crippen molar-refractivity contribution in [1.82, 2.24) is 15.0 Å². The average Bonchev–Trinajstić information content (AvgIpc) is 2.22. The highest BCUT2D eigenvalue weighted by atomic mass is 79.9. The van der Waals surface area contributed by atoms with E-state index in [-0.39, 0.29) is 17.2 Å². The third kappa shape index (κ3) is 3.18. The van der Waals surface area contributed by atoms with Crippen LogP contribution in [0.3, 0.4) is 0 Å². The van der Waals surface area contributed by atoms with E-state index in [4.69, 9.17) is 28.9 Å². The van der Waals surface area contributed by atoms with Crippen LogP contribution in [0.15, 0.2) is 22.7 Å². The minimum Gasteiger partial charge on any atom is -0.368 e. The second kappa shape index (κ2) is 5.03. The quantitative estimate of drug-likeness (QED) is 0.881. The molecule has 0 bridgehead atoms. The summed E-state index contributed by atoms with van der Waals surface area (Å²) in [6.45, 7) is 0. The van der Waals surface area contributed by atoms with Gasteiger partial charge >= 0.3 is 0 Å². The maximum atomic E-state index is 5.88. The van der Waals surface area contributed by atoms with E-state index < -0.39 is 0 Å². The van der Waals surface area contributed by atoms with E-state index in [1.165, 1.54) is 0 Å². The van der Waals surface area contributed by atoms with Gasteiger partial charge in [0.1, 0.15) is 0 Å². The molecule has 0 spiro atoms. The summed E-state index contributed by atoms with van der Waals surface area (Å²) in [5.74, 6) is 0.331. The number of nitrogen functional groups attached to an aromatic ring is 1. The first-order chi connectivity index (χ1) is 8.04. The zero-order chi connectivity index (χ0) is 12.4.